The first kappa shape index (κ1) is 17.3. The Kier molecular flexibility index (Phi) is 5.63. The van der Waals surface area contributed by atoms with E-state index >= 15 is 0 Å². The number of hydrogen-bond donors (Lipinski definition) is 2. The van der Waals surface area contributed by atoms with Crippen molar-refractivity contribution in [2.75, 3.05) is 6.54 Å². The van der Waals surface area contributed by atoms with Crippen LogP contribution in [0.4, 0.5) is 13.2 Å². The summed E-state index contributed by atoms with van der Waals surface area (Å²) in [5, 5.41) is 4.35. The summed E-state index contributed by atoms with van der Waals surface area (Å²) in [7, 11) is 0. The lowest BCUT2D eigenvalue weighted by Gasteiger charge is -2.22. The lowest BCUT2D eigenvalue weighted by atomic mass is 10.1. The van der Waals surface area contributed by atoms with Crippen LogP contribution in [0.2, 0.25) is 0 Å². The highest BCUT2D eigenvalue weighted by molar-refractivity contribution is 5.86. The van der Waals surface area contributed by atoms with E-state index < -0.39 is 24.7 Å². The summed E-state index contributed by atoms with van der Waals surface area (Å²) in [5.74, 6) is -1.25. The van der Waals surface area contributed by atoms with Gasteiger partial charge in [0.1, 0.15) is 0 Å². The zero-order valence-electron chi connectivity index (χ0n) is 12.5. The molecule has 2 amide bonds. The molecule has 0 bridgehead atoms. The molecule has 1 aliphatic carbocycles. The Morgan fingerprint density at radius 3 is 2.30 bits per heavy atom. The molecule has 126 valence electrons. The third kappa shape index (κ3) is 4.97. The first-order valence-electron chi connectivity index (χ1n) is 7.56. The van der Waals surface area contributed by atoms with E-state index in [0.29, 0.717) is 0 Å². The van der Waals surface area contributed by atoms with E-state index in [2.05, 4.69) is 5.32 Å². The van der Waals surface area contributed by atoms with Crippen LogP contribution in [0.1, 0.15) is 37.3 Å². The van der Waals surface area contributed by atoms with Crippen molar-refractivity contribution >= 4 is 11.8 Å². The summed E-state index contributed by atoms with van der Waals surface area (Å²) in [6.45, 7) is -0.450. The molecule has 23 heavy (non-hydrogen) atoms. The average Bonchev–Trinajstić information content (AvgIpc) is 3.04. The van der Waals surface area contributed by atoms with E-state index in [4.69, 9.17) is 0 Å². The van der Waals surface area contributed by atoms with Gasteiger partial charge in [-0.1, -0.05) is 43.2 Å². The first-order valence-corrected chi connectivity index (χ1v) is 7.56. The van der Waals surface area contributed by atoms with Crippen LogP contribution in [0, 0.1) is 5.92 Å². The SMILES string of the molecule is O=C(CNC(=O)C1CCCC1)N[C@@H](c1ccccc1)C(F)(F)F. The van der Waals surface area contributed by atoms with Gasteiger partial charge in [0.15, 0.2) is 6.04 Å². The van der Waals surface area contributed by atoms with Crippen molar-refractivity contribution < 1.29 is 22.8 Å². The second-order valence-corrected chi connectivity index (χ2v) is 5.65. The van der Waals surface area contributed by atoms with Gasteiger partial charge in [0.05, 0.1) is 6.54 Å². The highest BCUT2D eigenvalue weighted by Gasteiger charge is 2.41. The molecule has 0 aromatic heterocycles. The molecule has 2 rings (SSSR count). The summed E-state index contributed by atoms with van der Waals surface area (Å²) in [4.78, 5) is 23.6. The topological polar surface area (TPSA) is 58.2 Å². The number of nitrogens with one attached hydrogen (secondary N) is 2. The predicted octanol–water partition coefficient (Wildman–Crippen LogP) is 2.71. The van der Waals surface area contributed by atoms with Gasteiger partial charge in [0, 0.05) is 5.92 Å². The Hall–Kier alpha value is -2.05. The number of hydrogen-bond acceptors (Lipinski definition) is 2. The van der Waals surface area contributed by atoms with Gasteiger partial charge >= 0.3 is 6.18 Å². The summed E-state index contributed by atoms with van der Waals surface area (Å²) >= 11 is 0. The van der Waals surface area contributed by atoms with E-state index in [1.165, 1.54) is 24.3 Å². The number of carbonyl (C=O) groups is 2. The van der Waals surface area contributed by atoms with Crippen molar-refractivity contribution in [3.63, 3.8) is 0 Å². The molecule has 0 radical (unpaired) electrons. The summed E-state index contributed by atoms with van der Waals surface area (Å²) in [6, 6.07) is 5.06. The number of rotatable bonds is 5. The van der Waals surface area contributed by atoms with Crippen molar-refractivity contribution in [3.05, 3.63) is 35.9 Å². The van der Waals surface area contributed by atoms with Crippen molar-refractivity contribution in [1.29, 1.82) is 0 Å². The van der Waals surface area contributed by atoms with Crippen LogP contribution >= 0.6 is 0 Å². The van der Waals surface area contributed by atoms with Crippen molar-refractivity contribution in [3.8, 4) is 0 Å². The highest BCUT2D eigenvalue weighted by atomic mass is 19.4. The number of alkyl halides is 3. The van der Waals surface area contributed by atoms with E-state index in [0.717, 1.165) is 25.7 Å². The first-order chi connectivity index (χ1) is 10.9. The Labute approximate surface area is 132 Å². The molecular formula is C16H19F3N2O2. The van der Waals surface area contributed by atoms with E-state index in [-0.39, 0.29) is 17.4 Å². The minimum Gasteiger partial charge on any atom is -0.347 e. The molecule has 0 spiro atoms. The van der Waals surface area contributed by atoms with Gasteiger partial charge in [0.2, 0.25) is 11.8 Å². The Morgan fingerprint density at radius 1 is 1.13 bits per heavy atom. The molecule has 1 aliphatic rings. The van der Waals surface area contributed by atoms with Gasteiger partial charge < -0.3 is 10.6 Å². The fourth-order valence-corrected chi connectivity index (χ4v) is 2.71. The smallest absolute Gasteiger partial charge is 0.347 e. The van der Waals surface area contributed by atoms with Gasteiger partial charge in [-0.05, 0) is 18.4 Å². The number of carbonyl (C=O) groups excluding carboxylic acids is 2. The lowest BCUT2D eigenvalue weighted by molar-refractivity contribution is -0.163. The molecule has 1 atom stereocenters. The van der Waals surface area contributed by atoms with Crippen LogP contribution in [0.15, 0.2) is 30.3 Å². The number of benzene rings is 1. The molecule has 0 unspecified atom stereocenters. The standard InChI is InChI=1S/C16H19F3N2O2/c17-16(18,19)14(11-6-2-1-3-7-11)21-13(22)10-20-15(23)12-8-4-5-9-12/h1-3,6-7,12,14H,4-5,8-10H2,(H,20,23)(H,21,22)/t14-/m0/s1. The molecule has 1 aromatic carbocycles. The van der Waals surface area contributed by atoms with Crippen molar-refractivity contribution in [1.82, 2.24) is 10.6 Å². The molecule has 1 fully saturated rings. The molecule has 1 saturated carbocycles. The average molecular weight is 328 g/mol. The molecule has 4 nitrogen and oxygen atoms in total. The monoisotopic (exact) mass is 328 g/mol. The maximum atomic E-state index is 13.1. The highest BCUT2D eigenvalue weighted by Crippen LogP contribution is 2.32. The minimum absolute atomic E-state index is 0.0459. The predicted molar refractivity (Wildman–Crippen MR) is 78.3 cm³/mol. The molecular weight excluding hydrogens is 309 g/mol. The van der Waals surface area contributed by atoms with Gasteiger partial charge in [-0.3, -0.25) is 9.59 Å². The van der Waals surface area contributed by atoms with Gasteiger partial charge in [-0.2, -0.15) is 13.2 Å². The normalized spacial score (nSPS) is 16.8. The van der Waals surface area contributed by atoms with Crippen LogP contribution in [0.25, 0.3) is 0 Å². The minimum atomic E-state index is -4.60. The molecule has 2 N–H and O–H groups in total. The summed E-state index contributed by atoms with van der Waals surface area (Å²) < 4.78 is 39.3. The van der Waals surface area contributed by atoms with Crippen molar-refractivity contribution in [2.45, 2.75) is 37.9 Å². The lowest BCUT2D eigenvalue weighted by Crippen LogP contribution is -2.44. The van der Waals surface area contributed by atoms with Gasteiger partial charge in [-0.15, -0.1) is 0 Å². The zero-order chi connectivity index (χ0) is 16.9. The van der Waals surface area contributed by atoms with E-state index in [1.807, 2.05) is 5.32 Å². The molecule has 1 aromatic rings. The maximum absolute atomic E-state index is 13.1. The quantitative estimate of drug-likeness (QED) is 0.873. The van der Waals surface area contributed by atoms with Crippen LogP contribution < -0.4 is 10.6 Å². The maximum Gasteiger partial charge on any atom is 0.412 e. The fraction of sp³-hybridized carbons (Fsp3) is 0.500. The number of halogens is 3. The summed E-state index contributed by atoms with van der Waals surface area (Å²) in [5.41, 5.74) is -0.0459. The number of amides is 2. The second kappa shape index (κ2) is 7.48. The zero-order valence-corrected chi connectivity index (χ0v) is 12.5. The Bertz CT molecular complexity index is 540. The van der Waals surface area contributed by atoms with Crippen LogP contribution in [0.3, 0.4) is 0 Å². The Morgan fingerprint density at radius 2 is 1.74 bits per heavy atom. The van der Waals surface area contributed by atoms with E-state index in [1.54, 1.807) is 6.07 Å². The third-order valence-electron chi connectivity index (χ3n) is 3.91. The molecule has 0 saturated heterocycles. The van der Waals surface area contributed by atoms with Crippen molar-refractivity contribution in [2.24, 2.45) is 5.92 Å². The molecule has 7 heteroatoms. The largest absolute Gasteiger partial charge is 0.412 e. The molecule has 0 aliphatic heterocycles. The third-order valence-corrected chi connectivity index (χ3v) is 3.91. The van der Waals surface area contributed by atoms with Crippen LogP contribution in [-0.4, -0.2) is 24.5 Å². The van der Waals surface area contributed by atoms with Gasteiger partial charge in [-0.25, -0.2) is 0 Å². The van der Waals surface area contributed by atoms with Crippen LogP contribution in [0.5, 0.6) is 0 Å². The summed E-state index contributed by atoms with van der Waals surface area (Å²) in [6.07, 6.45) is -1.14. The van der Waals surface area contributed by atoms with Crippen LogP contribution in [-0.2, 0) is 9.59 Å². The Balaban J connectivity index is 1.91. The van der Waals surface area contributed by atoms with Gasteiger partial charge in [0.25, 0.3) is 0 Å². The van der Waals surface area contributed by atoms with E-state index in [9.17, 15) is 22.8 Å². The molecule has 0 heterocycles. The fourth-order valence-electron chi connectivity index (χ4n) is 2.71. The second-order valence-electron chi connectivity index (χ2n) is 5.65.